The van der Waals surface area contributed by atoms with Crippen LogP contribution in [0.3, 0.4) is 0 Å². The fourth-order valence-corrected chi connectivity index (χ4v) is 6.78. The normalized spacial score (nSPS) is 11.4. The van der Waals surface area contributed by atoms with E-state index in [1.165, 1.54) is 70.5 Å². The molecule has 0 radical (unpaired) electrons. The van der Waals surface area contributed by atoms with Gasteiger partial charge in [0.2, 0.25) is 76.8 Å². The molecule has 0 fully saturated rings. The second-order valence-corrected chi connectivity index (χ2v) is 20.1. The van der Waals surface area contributed by atoms with Crippen molar-refractivity contribution in [1.82, 2.24) is 59.6 Å². The van der Waals surface area contributed by atoms with Gasteiger partial charge >= 0.3 is 5.97 Å². The number of likely N-dealkylation sites (N-methyl/N-ethyl adjacent to an activating group) is 10. The van der Waals surface area contributed by atoms with E-state index in [9.17, 15) is 72.2 Å². The Morgan fingerprint density at radius 1 is 0.425 bits per heavy atom. The second-order valence-electron chi connectivity index (χ2n) is 20.1. The van der Waals surface area contributed by atoms with Crippen LogP contribution < -0.4 is 16.0 Å². The largest absolute Gasteiger partial charge is 0.480 e. The van der Waals surface area contributed by atoms with Crippen molar-refractivity contribution < 1.29 is 77.3 Å². The van der Waals surface area contributed by atoms with E-state index in [2.05, 4.69) is 16.0 Å². The molecule has 0 aliphatic rings. The highest BCUT2D eigenvalue weighted by atomic mass is 16.4. The summed E-state index contributed by atoms with van der Waals surface area (Å²) in [6.45, 7) is 0.538. The van der Waals surface area contributed by atoms with Crippen LogP contribution in [0.4, 0.5) is 5.69 Å². The smallest absolute Gasteiger partial charge is 0.323 e. The minimum atomic E-state index is -1.23. The number of aliphatic hydroxyl groups is 1. The van der Waals surface area contributed by atoms with Crippen molar-refractivity contribution in [2.75, 3.05) is 148 Å². The number of carbonyl (C=O) groups is 14. The number of carboxylic acids is 1. The number of amides is 13. The molecule has 0 aliphatic carbocycles. The van der Waals surface area contributed by atoms with E-state index >= 15 is 0 Å². The number of hydrogen-bond donors (Lipinski definition) is 5. The highest BCUT2D eigenvalue weighted by Crippen LogP contribution is 2.17. The summed E-state index contributed by atoms with van der Waals surface area (Å²) in [6, 6.07) is 5.55. The third-order valence-corrected chi connectivity index (χ3v) is 12.2. The van der Waals surface area contributed by atoms with Gasteiger partial charge in [0.25, 0.3) is 0 Å². The first kappa shape index (κ1) is 69.8. The van der Waals surface area contributed by atoms with Crippen molar-refractivity contribution in [1.29, 1.82) is 0 Å². The molecule has 13 amide bonds. The number of aliphatic hydroxyl groups excluding tert-OH is 1. The zero-order valence-electron chi connectivity index (χ0n) is 48.2. The Labute approximate surface area is 466 Å². The first-order valence-electron chi connectivity index (χ1n) is 25.4. The van der Waals surface area contributed by atoms with Gasteiger partial charge in [-0.2, -0.15) is 0 Å². The molecule has 80 heavy (non-hydrogen) atoms. The summed E-state index contributed by atoms with van der Waals surface area (Å²) in [7, 11) is 13.1. The Bertz CT molecular complexity index is 2400. The molecule has 0 saturated carbocycles. The van der Waals surface area contributed by atoms with Crippen molar-refractivity contribution in [2.45, 2.75) is 58.6 Å². The molecule has 1 rings (SSSR count). The lowest BCUT2D eigenvalue weighted by molar-refractivity contribution is -0.147. The van der Waals surface area contributed by atoms with Gasteiger partial charge in [-0.25, -0.2) is 0 Å². The number of aliphatic carboxylic acids is 1. The van der Waals surface area contributed by atoms with Gasteiger partial charge < -0.3 is 75.2 Å². The molecule has 0 spiro atoms. The fraction of sp³-hybridized carbons (Fsp3) is 0.608. The fourth-order valence-electron chi connectivity index (χ4n) is 6.78. The van der Waals surface area contributed by atoms with E-state index in [4.69, 9.17) is 5.11 Å². The first-order chi connectivity index (χ1) is 37.1. The molecule has 0 saturated heterocycles. The molecule has 29 nitrogen and oxygen atoms in total. The zero-order chi connectivity index (χ0) is 61.3. The molecule has 0 aromatic heterocycles. The predicted molar refractivity (Wildman–Crippen MR) is 288 cm³/mol. The van der Waals surface area contributed by atoms with Crippen LogP contribution in [0.15, 0.2) is 24.3 Å². The molecule has 1 unspecified atom stereocenters. The molecular weight excluding hydrogens is 1050 g/mol. The first-order valence-corrected chi connectivity index (χ1v) is 25.4. The van der Waals surface area contributed by atoms with E-state index < -0.39 is 154 Å². The molecule has 0 bridgehead atoms. The third kappa shape index (κ3) is 25.9. The van der Waals surface area contributed by atoms with Crippen LogP contribution in [0.2, 0.25) is 0 Å². The van der Waals surface area contributed by atoms with Crippen LogP contribution >= 0.6 is 0 Å². The Morgan fingerprint density at radius 2 is 0.725 bits per heavy atom. The molecule has 446 valence electrons. The highest BCUT2D eigenvalue weighted by molar-refractivity contribution is 5.97. The summed E-state index contributed by atoms with van der Waals surface area (Å²) in [4.78, 5) is 186. The van der Waals surface area contributed by atoms with Crippen molar-refractivity contribution >= 4 is 88.5 Å². The van der Waals surface area contributed by atoms with Crippen LogP contribution in [-0.2, 0) is 67.1 Å². The van der Waals surface area contributed by atoms with E-state index in [1.807, 2.05) is 13.8 Å². The number of nitrogens with zero attached hydrogens (tertiary/aromatic N) is 10. The number of carboxylic acid groups (broad SMARTS) is 1. The number of benzene rings is 1. The molecule has 1 aromatic carbocycles. The summed E-state index contributed by atoms with van der Waals surface area (Å²) in [5.41, 5.74) is 0.912. The lowest BCUT2D eigenvalue weighted by Gasteiger charge is -2.27. The second kappa shape index (κ2) is 33.9. The summed E-state index contributed by atoms with van der Waals surface area (Å²) >= 11 is 0. The van der Waals surface area contributed by atoms with Crippen molar-refractivity contribution in [3.63, 3.8) is 0 Å². The van der Waals surface area contributed by atoms with Crippen LogP contribution in [0, 0.1) is 5.92 Å². The quantitative estimate of drug-likeness (QED) is 0.0461. The Morgan fingerprint density at radius 3 is 1.02 bits per heavy atom. The van der Waals surface area contributed by atoms with Crippen LogP contribution in [-0.4, -0.2) is 290 Å². The molecule has 5 N–H and O–H groups in total. The van der Waals surface area contributed by atoms with Gasteiger partial charge in [0, 0.05) is 102 Å². The molecule has 29 heteroatoms. The standard InChI is InChI=1S/C51H81N13O16/c1-33(2)21-39(67)53-34(3)51(80)54-36-19-17-35(18-20-36)37(65)22-52-38(66)15-14-16-40(68)55(4)23-41(69)56(5)24-42(70)57(6)25-43(71)58(7)26-44(72)59(8)27-45(73)60(9)28-46(74)61(10)29-47(75)62(11)30-48(76)63(12)31-49(77)64(13)32-50(78)79/h17-20,33-34,37,65H,14-16,21-32H2,1-13H3,(H,52,66)(H,53,67)(H,54,80)(H,78,79)/t34-,37?/m0/s1. The SMILES string of the molecule is CC(C)CC(=O)N[C@@H](C)C(=O)Nc1ccc(C(O)CNC(=O)CCCC(=O)N(C)CC(=O)N(C)CC(=O)N(C)CC(=O)N(C)CC(=O)N(C)CC(=O)N(C)CC(=O)N(C)CC(=O)N(C)CC(=O)N(C)CC(=O)N(C)CC(=O)O)cc1. The third-order valence-electron chi connectivity index (χ3n) is 12.2. The molecule has 2 atom stereocenters. The van der Waals surface area contributed by atoms with E-state index in [-0.39, 0.29) is 37.6 Å². The van der Waals surface area contributed by atoms with Crippen molar-refractivity contribution in [3.05, 3.63) is 29.8 Å². The lowest BCUT2D eigenvalue weighted by Crippen LogP contribution is -2.49. The maximum absolute atomic E-state index is 13.0. The molecule has 0 aliphatic heterocycles. The minimum Gasteiger partial charge on any atom is -0.480 e. The Hall–Kier alpha value is -8.24. The Balaban J connectivity index is 2.49. The van der Waals surface area contributed by atoms with Gasteiger partial charge in [0.1, 0.15) is 12.6 Å². The average Bonchev–Trinajstić information content (AvgIpc) is 3.36. The minimum absolute atomic E-state index is 0.0511. The van der Waals surface area contributed by atoms with Crippen molar-refractivity contribution in [3.8, 4) is 0 Å². The molecular formula is C51H81N13O16. The van der Waals surface area contributed by atoms with Gasteiger partial charge in [-0.1, -0.05) is 26.0 Å². The van der Waals surface area contributed by atoms with E-state index in [0.717, 1.165) is 49.0 Å². The summed E-state index contributed by atoms with van der Waals surface area (Å²) in [5, 5.41) is 27.4. The number of hydrogen-bond acceptors (Lipinski definition) is 15. The number of anilines is 1. The van der Waals surface area contributed by atoms with Gasteiger partial charge in [0.15, 0.2) is 0 Å². The van der Waals surface area contributed by atoms with Gasteiger partial charge in [-0.15, -0.1) is 0 Å². The predicted octanol–water partition coefficient (Wildman–Crippen LogP) is -3.84. The highest BCUT2D eigenvalue weighted by Gasteiger charge is 2.27. The number of nitrogens with one attached hydrogen (secondary N) is 3. The Kier molecular flexibility index (Phi) is 29.6. The number of rotatable bonds is 32. The maximum atomic E-state index is 13.0. The topological polar surface area (TPSA) is 348 Å². The van der Waals surface area contributed by atoms with Crippen LogP contribution in [0.25, 0.3) is 0 Å². The molecule has 0 heterocycles. The van der Waals surface area contributed by atoms with E-state index in [0.29, 0.717) is 17.7 Å². The van der Waals surface area contributed by atoms with Gasteiger partial charge in [-0.3, -0.25) is 67.1 Å². The summed E-state index contributed by atoms with van der Waals surface area (Å²) in [6.07, 6.45) is -0.777. The number of carbonyl (C=O) groups excluding carboxylic acids is 13. The summed E-state index contributed by atoms with van der Waals surface area (Å²) < 4.78 is 0. The van der Waals surface area contributed by atoms with Gasteiger partial charge in [0.05, 0.1) is 65.0 Å². The van der Waals surface area contributed by atoms with Gasteiger partial charge in [-0.05, 0) is 37.0 Å². The van der Waals surface area contributed by atoms with Crippen LogP contribution in [0.5, 0.6) is 0 Å². The average molecular weight is 1130 g/mol. The van der Waals surface area contributed by atoms with E-state index in [1.54, 1.807) is 31.2 Å². The van der Waals surface area contributed by atoms with Crippen molar-refractivity contribution in [2.24, 2.45) is 5.92 Å². The monoisotopic (exact) mass is 1130 g/mol. The van der Waals surface area contributed by atoms with Crippen LogP contribution in [0.1, 0.15) is 58.1 Å². The maximum Gasteiger partial charge on any atom is 0.323 e. The lowest BCUT2D eigenvalue weighted by atomic mass is 10.1. The summed E-state index contributed by atoms with van der Waals surface area (Å²) in [5.74, 6) is -8.35. The zero-order valence-corrected chi connectivity index (χ0v) is 48.2. The molecule has 1 aromatic rings.